The van der Waals surface area contributed by atoms with Crippen molar-refractivity contribution >= 4 is 106 Å². The Morgan fingerprint density at radius 2 is 1.27 bits per heavy atom. The average Bonchev–Trinajstić information content (AvgIpc) is 1.61. The van der Waals surface area contributed by atoms with E-state index < -0.39 is 151 Å². The number of likely N-dealkylation sites (N-methyl/N-ethyl adjacent to an activating group) is 1. The molecule has 0 spiro atoms. The number of nitrogens with zero attached hydrogens (tertiary/aromatic N) is 4. The summed E-state index contributed by atoms with van der Waals surface area (Å²) in [5, 5.41) is 59.0. The molecule has 108 heavy (non-hydrogen) atoms. The number of pyridine rings is 1. The molecule has 0 saturated carbocycles. The van der Waals surface area contributed by atoms with Crippen molar-refractivity contribution in [3.63, 3.8) is 0 Å². The van der Waals surface area contributed by atoms with Gasteiger partial charge in [-0.25, -0.2) is 4.79 Å². The molecule has 2 aromatic heterocycles. The highest BCUT2D eigenvalue weighted by Gasteiger charge is 2.38. The van der Waals surface area contributed by atoms with Gasteiger partial charge in [0, 0.05) is 67.4 Å². The van der Waals surface area contributed by atoms with E-state index in [9.17, 15) is 67.7 Å². The van der Waals surface area contributed by atoms with Crippen molar-refractivity contribution in [2.45, 2.75) is 162 Å². The Morgan fingerprint density at radius 3 is 1.87 bits per heavy atom. The average molecular weight is 1520 g/mol. The number of fused-ring (bicyclic) bond motifs is 1. The van der Waals surface area contributed by atoms with Crippen LogP contribution in [0.1, 0.15) is 106 Å². The zero-order valence-electron chi connectivity index (χ0n) is 61.6. The molecule has 0 aliphatic carbocycles. The number of carbonyl (C=O) groups excluding carboxylic acids is 12. The first-order valence-corrected chi connectivity index (χ1v) is 36.8. The Morgan fingerprint density at radius 1 is 0.667 bits per heavy atom. The maximum absolute atomic E-state index is 14.9. The molecule has 1 fully saturated rings. The molecule has 11 atom stereocenters. The fourth-order valence-electron chi connectivity index (χ4n) is 11.6. The Balaban J connectivity index is 1.28. The molecule has 12 amide bonds. The summed E-state index contributed by atoms with van der Waals surface area (Å²) in [6, 6.07) is 12.0. The molecule has 1 saturated heterocycles. The normalized spacial score (nSPS) is 19.9. The van der Waals surface area contributed by atoms with E-state index in [1.54, 1.807) is 112 Å². The summed E-state index contributed by atoms with van der Waals surface area (Å²) in [6.45, 7) is 5.07. The fourth-order valence-corrected chi connectivity index (χ4v) is 12.6. The number of aromatic nitrogens is 3. The molecular weight excluding hydrogens is 1410 g/mol. The van der Waals surface area contributed by atoms with E-state index in [0.29, 0.717) is 43.2 Å². The molecule has 0 radical (unpaired) electrons. The van der Waals surface area contributed by atoms with Crippen LogP contribution in [0.15, 0.2) is 107 Å². The van der Waals surface area contributed by atoms with E-state index in [1.807, 2.05) is 18.2 Å². The highest BCUT2D eigenvalue weighted by molar-refractivity contribution is 7.99. The van der Waals surface area contributed by atoms with Gasteiger partial charge < -0.3 is 102 Å². The van der Waals surface area contributed by atoms with E-state index in [0.717, 1.165) is 0 Å². The lowest BCUT2D eigenvalue weighted by Crippen LogP contribution is -2.61. The molecular formula is C73H104N20O14S. The summed E-state index contributed by atoms with van der Waals surface area (Å²) in [7, 11) is 3.21. The molecule has 1 aliphatic heterocycles. The van der Waals surface area contributed by atoms with Crippen LogP contribution in [-0.2, 0) is 54.4 Å². The summed E-state index contributed by atoms with van der Waals surface area (Å²) in [6.07, 6.45) is 0.188. The molecule has 22 N–H and O–H groups in total. The first kappa shape index (κ1) is 86.6. The van der Waals surface area contributed by atoms with Gasteiger partial charge in [0.2, 0.25) is 59.1 Å². The van der Waals surface area contributed by atoms with Gasteiger partial charge in [-0.3, -0.25) is 57.7 Å². The highest BCUT2D eigenvalue weighted by atomic mass is 32.2. The second kappa shape index (κ2) is 44.1. The zero-order chi connectivity index (χ0) is 79.0. The van der Waals surface area contributed by atoms with Crippen molar-refractivity contribution in [2.75, 3.05) is 66.5 Å². The van der Waals surface area contributed by atoms with Gasteiger partial charge in [-0.2, -0.15) is 9.78 Å². The fraction of sp³-hybridized carbons (Fsp3) is 0.479. The third-order valence-corrected chi connectivity index (χ3v) is 18.5. The van der Waals surface area contributed by atoms with E-state index in [1.165, 1.54) is 42.2 Å². The first-order valence-electron chi connectivity index (χ1n) is 36.0. The maximum atomic E-state index is 14.9. The number of carbonyl (C=O) groups is 12. The summed E-state index contributed by atoms with van der Waals surface area (Å²) < 4.78 is 1.22. The molecule has 34 nitrogen and oxygen atoms in total. The summed E-state index contributed by atoms with van der Waals surface area (Å²) in [5.74, 6) is -9.87. The molecule has 6 rings (SSSR count). The second-order valence-electron chi connectivity index (χ2n) is 26.4. The minimum Gasteiger partial charge on any atom is -0.391 e. The van der Waals surface area contributed by atoms with Crippen molar-refractivity contribution < 1.29 is 67.7 Å². The predicted octanol–water partition coefficient (Wildman–Crippen LogP) is -2.29. The lowest BCUT2D eigenvalue weighted by molar-refractivity contribution is -0.136. The molecule has 5 aromatic rings. The number of benzene rings is 3. The van der Waals surface area contributed by atoms with E-state index in [-0.39, 0.29) is 103 Å². The second-order valence-corrected chi connectivity index (χ2v) is 27.5. The maximum Gasteiger partial charge on any atom is 0.345 e. The van der Waals surface area contributed by atoms with Crippen molar-refractivity contribution in [3.05, 3.63) is 120 Å². The Hall–Kier alpha value is -10.3. The first-order chi connectivity index (χ1) is 51.7. The van der Waals surface area contributed by atoms with E-state index in [4.69, 9.17) is 28.0 Å². The van der Waals surface area contributed by atoms with Crippen LogP contribution in [0, 0.1) is 5.92 Å². The number of hydrogen-bond donors (Lipinski definition) is 18. The third kappa shape index (κ3) is 26.3. The number of nitrogens with one attached hydrogen (secondary N) is 12. The van der Waals surface area contributed by atoms with Gasteiger partial charge in [0.05, 0.1) is 34.7 Å². The predicted molar refractivity (Wildman–Crippen MR) is 405 cm³/mol. The number of rotatable bonds is 31. The molecule has 0 unspecified atom stereocenters. The Bertz CT molecular complexity index is 3900. The number of amides is 12. The Kier molecular flexibility index (Phi) is 35.4. The van der Waals surface area contributed by atoms with E-state index in [2.05, 4.69) is 68.8 Å². The van der Waals surface area contributed by atoms with Crippen LogP contribution in [0.3, 0.4) is 0 Å². The summed E-state index contributed by atoms with van der Waals surface area (Å²) >= 11 is 1.30. The molecule has 3 heterocycles. The van der Waals surface area contributed by atoms with Crippen molar-refractivity contribution in [1.82, 2.24) is 83.5 Å². The molecule has 3 aromatic carbocycles. The van der Waals surface area contributed by atoms with Gasteiger partial charge in [-0.05, 0) is 158 Å². The van der Waals surface area contributed by atoms with Gasteiger partial charge in [0.25, 0.3) is 5.91 Å². The lowest BCUT2D eigenvalue weighted by atomic mass is 10.00. The molecule has 0 bridgehead atoms. The molecule has 35 heteroatoms. The monoisotopic (exact) mass is 1520 g/mol. The quantitative estimate of drug-likeness (QED) is 0.0222. The van der Waals surface area contributed by atoms with Gasteiger partial charge >= 0.3 is 6.03 Å². The number of hydrogen-bond acceptors (Lipinski definition) is 22. The SMILES string of the molecule is CNCCN(CCC(=O)N[C@H](C(=O)N[C@H](CCCN)C(=O)N[C@H]1CCNC(=O)[C@@H]([C@@H](C)O)NC(=O)[C@@H](CCN)NC(=O)[C@@H](CCN)NC(=O)[C@@H](CC(C)C)NC(=O)[C@@H](Cc2ccccc2)NC(=O)[C@@H](CCN)NC1=O)[C@@H](C)O)C(=O)n1nc(/C=C/c2ccccn2)c2ccc(Sc3ccccc3C(=O)NC)cc21. The number of aliphatic hydroxyl groups excluding tert-OH is 2. The van der Waals surface area contributed by atoms with Crippen LogP contribution >= 0.6 is 11.8 Å². The van der Waals surface area contributed by atoms with Crippen LogP contribution in [-0.4, -0.2) is 234 Å². The standard InChI is InChI=1S/C73H104N20O14S/c1-42(2)39-56-69(103)84-52(25-31-75)65(99)83-54(27-33-77)68(102)90-61(43(3)94)71(105)81-35-28-55(67(101)82-53(26-32-76)66(100)88-57(70(104)87-56)40-45-15-8-7-9-16-45)85-64(98)51(19-14-30-74)86-72(106)62(44(4)95)89-60(96)29-37-92(38-36-78-5)73(107)93-58-41-47(108-59-20-11-10-18-49(59)63(97)79-6)22-23-48(58)50(91-93)24-21-46-17-12-13-34-80-46/h7-13,15-18,20-24,34,41-44,51-57,61-62,78,94-95H,14,19,25-33,35-40,74-77H2,1-6H3,(H,79,97)(H,81,105)(H,82,101)(H,83,99)(H,84,103)(H,85,98)(H,86,106)(H,87,104)(H,88,100)(H,89,96)(H,90,102)/b24-21+/t43-,44-,51-,52-,53-,54-,55+,56-,57-,61-,62+/m1/s1. The van der Waals surface area contributed by atoms with Crippen LogP contribution < -0.4 is 86.7 Å². The minimum absolute atomic E-state index is 0.0138. The van der Waals surface area contributed by atoms with Crippen LogP contribution in [0.2, 0.25) is 0 Å². The van der Waals surface area contributed by atoms with Gasteiger partial charge in [-0.15, -0.1) is 0 Å². The largest absolute Gasteiger partial charge is 0.391 e. The summed E-state index contributed by atoms with van der Waals surface area (Å²) in [5.41, 5.74) is 26.2. The number of nitrogens with two attached hydrogens (primary N) is 4. The summed E-state index contributed by atoms with van der Waals surface area (Å²) in [4.78, 5) is 178. The van der Waals surface area contributed by atoms with E-state index >= 15 is 0 Å². The third-order valence-electron chi connectivity index (χ3n) is 17.4. The number of aliphatic hydroxyl groups is 2. The highest BCUT2D eigenvalue weighted by Crippen LogP contribution is 2.34. The van der Waals surface area contributed by atoms with Crippen molar-refractivity contribution in [1.29, 1.82) is 0 Å². The van der Waals surface area contributed by atoms with Crippen LogP contribution in [0.5, 0.6) is 0 Å². The molecule has 1 aliphatic rings. The minimum atomic E-state index is -1.74. The smallest absolute Gasteiger partial charge is 0.345 e. The Labute approximate surface area is 631 Å². The topological polar surface area (TPSA) is 528 Å². The van der Waals surface area contributed by atoms with Crippen LogP contribution in [0.4, 0.5) is 4.79 Å². The lowest BCUT2D eigenvalue weighted by Gasteiger charge is -2.28. The van der Waals surface area contributed by atoms with Crippen molar-refractivity contribution in [3.8, 4) is 0 Å². The van der Waals surface area contributed by atoms with Gasteiger partial charge in [0.1, 0.15) is 54.4 Å². The van der Waals surface area contributed by atoms with Crippen molar-refractivity contribution in [2.24, 2.45) is 28.9 Å². The van der Waals surface area contributed by atoms with Gasteiger partial charge in [-0.1, -0.05) is 74.1 Å². The van der Waals surface area contributed by atoms with Gasteiger partial charge in [0.15, 0.2) is 0 Å². The molecule has 586 valence electrons. The van der Waals surface area contributed by atoms with Crippen LogP contribution in [0.25, 0.3) is 23.1 Å². The zero-order valence-corrected chi connectivity index (χ0v) is 62.5.